The first-order valence-corrected chi connectivity index (χ1v) is 4.71. The summed E-state index contributed by atoms with van der Waals surface area (Å²) in [5.74, 6) is 0.938. The van der Waals surface area contributed by atoms with Crippen LogP contribution in [0.4, 0.5) is 0 Å². The number of rotatable bonds is 1. The lowest BCUT2D eigenvalue weighted by molar-refractivity contribution is 0.413. The van der Waals surface area contributed by atoms with Crippen LogP contribution in [0.15, 0.2) is 18.2 Å². The lowest BCUT2D eigenvalue weighted by Crippen LogP contribution is -2.27. The minimum Gasteiger partial charge on any atom is -0.497 e. The zero-order valence-electron chi connectivity index (χ0n) is 8.82. The van der Waals surface area contributed by atoms with Crippen LogP contribution in [-0.4, -0.2) is 18.6 Å². The van der Waals surface area contributed by atoms with Crippen molar-refractivity contribution < 1.29 is 10.2 Å². The molecule has 1 aromatic carbocycles. The molecule has 0 amide bonds. The first-order valence-electron chi connectivity index (χ1n) is 4.71. The Balaban J connectivity index is 0.000000980. The third kappa shape index (κ3) is 3.09. The maximum atomic E-state index is 5.90. The van der Waals surface area contributed by atoms with Crippen molar-refractivity contribution >= 4 is 12.4 Å². The predicted molar refractivity (Wildman–Crippen MR) is 63.9 cm³/mol. The molecule has 1 aliphatic rings. The molecule has 0 bridgehead atoms. The van der Waals surface area contributed by atoms with Crippen LogP contribution < -0.4 is 10.5 Å². The van der Waals surface area contributed by atoms with Crippen LogP contribution in [0.1, 0.15) is 17.5 Å². The Kier molecular flexibility index (Phi) is 5.65. The van der Waals surface area contributed by atoms with Crippen molar-refractivity contribution in [1.29, 1.82) is 0 Å². The average Bonchev–Trinajstić information content (AvgIpc) is 2.16. The highest BCUT2D eigenvalue weighted by Gasteiger charge is 2.15. The molecule has 0 aromatic heterocycles. The summed E-state index contributed by atoms with van der Waals surface area (Å²) in [5, 5.41) is 0. The van der Waals surface area contributed by atoms with Gasteiger partial charge in [0.15, 0.2) is 0 Å². The zero-order chi connectivity index (χ0) is 9.26. The fraction of sp³-hybridized carbons (Fsp3) is 0.455. The second-order valence-electron chi connectivity index (χ2n) is 3.64. The van der Waals surface area contributed by atoms with Crippen molar-refractivity contribution in [3.8, 4) is 5.75 Å². The molecular weight excluding hydrogens is 214 g/mol. The first kappa shape index (κ1) is 14.2. The molecule has 0 saturated heterocycles. The molecule has 0 spiro atoms. The topological polar surface area (TPSA) is 66.8 Å². The van der Waals surface area contributed by atoms with E-state index in [1.54, 1.807) is 7.11 Å². The third-order valence-electron chi connectivity index (χ3n) is 2.68. The van der Waals surface area contributed by atoms with Gasteiger partial charge in [0.1, 0.15) is 5.75 Å². The van der Waals surface area contributed by atoms with Crippen molar-refractivity contribution in [3.05, 3.63) is 29.3 Å². The summed E-state index contributed by atoms with van der Waals surface area (Å²) in [4.78, 5) is 0. The smallest absolute Gasteiger partial charge is 0.119 e. The van der Waals surface area contributed by atoms with Gasteiger partial charge in [-0.3, -0.25) is 0 Å². The van der Waals surface area contributed by atoms with Gasteiger partial charge in [0.25, 0.3) is 0 Å². The van der Waals surface area contributed by atoms with Crippen LogP contribution >= 0.6 is 12.4 Å². The van der Waals surface area contributed by atoms with Crippen molar-refractivity contribution in [2.24, 2.45) is 5.73 Å². The van der Waals surface area contributed by atoms with E-state index in [9.17, 15) is 0 Å². The van der Waals surface area contributed by atoms with Gasteiger partial charge in [-0.2, -0.15) is 0 Å². The van der Waals surface area contributed by atoms with Crippen LogP contribution in [0, 0.1) is 0 Å². The summed E-state index contributed by atoms with van der Waals surface area (Å²) < 4.78 is 5.17. The second kappa shape index (κ2) is 5.95. The quantitative estimate of drug-likeness (QED) is 0.787. The van der Waals surface area contributed by atoms with E-state index in [0.29, 0.717) is 6.04 Å². The van der Waals surface area contributed by atoms with Gasteiger partial charge in [-0.25, -0.2) is 0 Å². The van der Waals surface area contributed by atoms with Crippen molar-refractivity contribution in [1.82, 2.24) is 0 Å². The summed E-state index contributed by atoms with van der Waals surface area (Å²) in [6, 6.07) is 6.61. The summed E-state index contributed by atoms with van der Waals surface area (Å²) in [6.45, 7) is 0. The van der Waals surface area contributed by atoms with E-state index >= 15 is 0 Å². The maximum absolute atomic E-state index is 5.90. The summed E-state index contributed by atoms with van der Waals surface area (Å²) in [7, 11) is 1.70. The molecule has 0 radical (unpaired) electrons. The van der Waals surface area contributed by atoms with Crippen molar-refractivity contribution in [2.75, 3.05) is 7.11 Å². The van der Waals surface area contributed by atoms with E-state index in [1.165, 1.54) is 11.1 Å². The molecule has 1 aromatic rings. The number of hydrogen-bond donors (Lipinski definition) is 1. The summed E-state index contributed by atoms with van der Waals surface area (Å²) >= 11 is 0. The first-order chi connectivity index (χ1) is 6.29. The Bertz CT molecular complexity index is 317. The molecule has 15 heavy (non-hydrogen) atoms. The van der Waals surface area contributed by atoms with E-state index < -0.39 is 0 Å². The van der Waals surface area contributed by atoms with Gasteiger partial charge in [0.05, 0.1) is 7.11 Å². The highest BCUT2D eigenvalue weighted by atomic mass is 35.5. The fourth-order valence-electron chi connectivity index (χ4n) is 1.89. The van der Waals surface area contributed by atoms with Crippen LogP contribution in [0.25, 0.3) is 0 Å². The van der Waals surface area contributed by atoms with E-state index in [-0.39, 0.29) is 17.9 Å². The zero-order valence-corrected chi connectivity index (χ0v) is 9.64. The monoisotopic (exact) mass is 231 g/mol. The van der Waals surface area contributed by atoms with Crippen LogP contribution in [0.3, 0.4) is 0 Å². The largest absolute Gasteiger partial charge is 0.497 e. The predicted octanol–water partition coefficient (Wildman–Crippen LogP) is 1.11. The minimum atomic E-state index is 0. The van der Waals surface area contributed by atoms with Gasteiger partial charge in [-0.05, 0) is 42.5 Å². The molecule has 1 atom stereocenters. The van der Waals surface area contributed by atoms with E-state index in [2.05, 4.69) is 12.1 Å². The number of aryl methyl sites for hydroxylation is 1. The number of methoxy groups -OCH3 is 1. The molecular formula is C11H18ClNO2. The second-order valence-corrected chi connectivity index (χ2v) is 3.64. The third-order valence-corrected chi connectivity index (χ3v) is 2.68. The molecule has 2 rings (SSSR count). The molecule has 86 valence electrons. The Morgan fingerprint density at radius 1 is 1.33 bits per heavy atom. The Labute approximate surface area is 96.3 Å². The van der Waals surface area contributed by atoms with E-state index in [1.807, 2.05) is 6.07 Å². The van der Waals surface area contributed by atoms with Gasteiger partial charge in [-0.1, -0.05) is 6.07 Å². The van der Waals surface area contributed by atoms with E-state index in [0.717, 1.165) is 25.0 Å². The van der Waals surface area contributed by atoms with Crippen LogP contribution in [0.2, 0.25) is 0 Å². The molecule has 1 aliphatic carbocycles. The molecule has 4 heteroatoms. The Hall–Kier alpha value is -0.770. The number of ether oxygens (including phenoxy) is 1. The molecule has 1 unspecified atom stereocenters. The van der Waals surface area contributed by atoms with Crippen molar-refractivity contribution in [2.45, 2.75) is 25.3 Å². The number of benzene rings is 1. The van der Waals surface area contributed by atoms with Gasteiger partial charge >= 0.3 is 0 Å². The van der Waals surface area contributed by atoms with E-state index in [4.69, 9.17) is 10.5 Å². The molecule has 4 N–H and O–H groups in total. The summed E-state index contributed by atoms with van der Waals surface area (Å²) in [6.07, 6.45) is 3.21. The van der Waals surface area contributed by atoms with Crippen molar-refractivity contribution in [3.63, 3.8) is 0 Å². The molecule has 0 saturated carbocycles. The Morgan fingerprint density at radius 2 is 2.07 bits per heavy atom. The molecule has 3 nitrogen and oxygen atoms in total. The highest BCUT2D eigenvalue weighted by Crippen LogP contribution is 2.24. The van der Waals surface area contributed by atoms with Gasteiger partial charge in [0.2, 0.25) is 0 Å². The average molecular weight is 232 g/mol. The Morgan fingerprint density at radius 3 is 2.73 bits per heavy atom. The molecule has 0 aliphatic heterocycles. The summed E-state index contributed by atoms with van der Waals surface area (Å²) in [5.41, 5.74) is 8.69. The maximum Gasteiger partial charge on any atom is 0.119 e. The molecule has 0 fully saturated rings. The lowest BCUT2D eigenvalue weighted by Gasteiger charge is -2.21. The lowest BCUT2D eigenvalue weighted by atomic mass is 9.89. The standard InChI is InChI=1S/C11H15NO.ClH.H2O/c1-13-11-5-3-8-2-4-10(12)6-9(8)7-11;;/h3,5,7,10H,2,4,6,12H2,1H3;1H;1H2. The number of hydrogen-bond acceptors (Lipinski definition) is 2. The van der Waals surface area contributed by atoms with Gasteiger partial charge in [0, 0.05) is 6.04 Å². The van der Waals surface area contributed by atoms with Gasteiger partial charge in [-0.15, -0.1) is 12.4 Å². The number of fused-ring (bicyclic) bond motifs is 1. The molecule has 0 heterocycles. The SMILES string of the molecule is COc1ccc2c(c1)CC(N)CC2.Cl.O. The fourth-order valence-corrected chi connectivity index (χ4v) is 1.89. The number of nitrogens with two attached hydrogens (primary N) is 1. The van der Waals surface area contributed by atoms with Crippen LogP contribution in [-0.2, 0) is 12.8 Å². The number of halogens is 1. The van der Waals surface area contributed by atoms with Crippen LogP contribution in [0.5, 0.6) is 5.75 Å². The highest BCUT2D eigenvalue weighted by molar-refractivity contribution is 5.85. The van der Waals surface area contributed by atoms with Gasteiger partial charge < -0.3 is 15.9 Å². The minimum absolute atomic E-state index is 0. The normalized spacial score (nSPS) is 18.1.